The molecule has 5 rings (SSSR count). The number of likely N-dealkylation sites (tertiary alicyclic amines) is 1. The molecule has 0 amide bonds. The monoisotopic (exact) mass is 376 g/mol. The second kappa shape index (κ2) is 7.36. The van der Waals surface area contributed by atoms with Crippen molar-refractivity contribution in [1.82, 2.24) is 0 Å². The Balaban J connectivity index is 1.46. The van der Waals surface area contributed by atoms with Gasteiger partial charge in [0.25, 0.3) is 0 Å². The lowest BCUT2D eigenvalue weighted by Crippen LogP contribution is -3.08. The number of ether oxygens (including phenoxy) is 2. The van der Waals surface area contributed by atoms with Crippen molar-refractivity contribution in [3.63, 3.8) is 0 Å². The van der Waals surface area contributed by atoms with Crippen molar-refractivity contribution in [2.45, 2.75) is 31.8 Å². The topological polar surface area (TPSA) is 43.1 Å². The maximum absolute atomic E-state index is 10.6. The standard InChI is InChI=1S/C24H25NO3/c26-22-10-8-17-5-1-2-6-19(17)20(22)16-25-12-3-7-21(25)18-9-11-23-24(15-18)28-14-4-13-27-23/h1-2,5-6,8-11,15,21,26H,3-4,7,12-14,16H2/p+1/t21-/m0/s1. The largest absolute Gasteiger partial charge is 0.507 e. The van der Waals surface area contributed by atoms with Gasteiger partial charge >= 0.3 is 0 Å². The minimum Gasteiger partial charge on any atom is -0.507 e. The molecule has 28 heavy (non-hydrogen) atoms. The molecule has 0 spiro atoms. The highest BCUT2D eigenvalue weighted by Gasteiger charge is 2.32. The molecule has 3 aromatic rings. The molecular formula is C24H26NO3+. The number of rotatable bonds is 3. The molecule has 0 radical (unpaired) electrons. The molecule has 2 aliphatic rings. The van der Waals surface area contributed by atoms with Crippen molar-refractivity contribution in [2.24, 2.45) is 0 Å². The zero-order chi connectivity index (χ0) is 18.9. The smallest absolute Gasteiger partial charge is 0.161 e. The maximum atomic E-state index is 10.6. The van der Waals surface area contributed by atoms with E-state index in [-0.39, 0.29) is 0 Å². The number of nitrogens with one attached hydrogen (secondary N) is 1. The van der Waals surface area contributed by atoms with Gasteiger partial charge in [-0.05, 0) is 35.0 Å². The summed E-state index contributed by atoms with van der Waals surface area (Å²) in [5.74, 6) is 2.12. The second-order valence-electron chi connectivity index (χ2n) is 7.82. The first-order chi connectivity index (χ1) is 13.8. The minimum absolute atomic E-state index is 0.399. The molecular weight excluding hydrogens is 350 g/mol. The second-order valence-corrected chi connectivity index (χ2v) is 7.82. The third-order valence-electron chi connectivity index (χ3n) is 6.08. The molecule has 1 fully saturated rings. The lowest BCUT2D eigenvalue weighted by molar-refractivity contribution is -0.931. The lowest BCUT2D eigenvalue weighted by atomic mass is 10.0. The van der Waals surface area contributed by atoms with E-state index in [9.17, 15) is 5.11 Å². The molecule has 3 aromatic carbocycles. The predicted molar refractivity (Wildman–Crippen MR) is 109 cm³/mol. The number of hydrogen-bond acceptors (Lipinski definition) is 3. The number of phenols is 1. The van der Waals surface area contributed by atoms with E-state index in [2.05, 4.69) is 30.3 Å². The zero-order valence-corrected chi connectivity index (χ0v) is 16.0. The van der Waals surface area contributed by atoms with E-state index in [1.807, 2.05) is 24.3 Å². The molecule has 2 atom stereocenters. The summed E-state index contributed by atoms with van der Waals surface area (Å²) < 4.78 is 11.7. The van der Waals surface area contributed by atoms with Gasteiger partial charge in [-0.25, -0.2) is 0 Å². The minimum atomic E-state index is 0.399. The quantitative estimate of drug-likeness (QED) is 0.734. The highest BCUT2D eigenvalue weighted by Crippen LogP contribution is 2.34. The summed E-state index contributed by atoms with van der Waals surface area (Å²) >= 11 is 0. The third kappa shape index (κ3) is 3.18. The van der Waals surface area contributed by atoms with Gasteiger partial charge in [0.1, 0.15) is 18.3 Å². The van der Waals surface area contributed by atoms with Gasteiger partial charge in [0.15, 0.2) is 11.5 Å². The van der Waals surface area contributed by atoms with E-state index in [0.717, 1.165) is 48.4 Å². The average molecular weight is 376 g/mol. The fraction of sp³-hybridized carbons (Fsp3) is 0.333. The Hall–Kier alpha value is -2.72. The first-order valence-electron chi connectivity index (χ1n) is 10.2. The molecule has 2 aliphatic heterocycles. The zero-order valence-electron chi connectivity index (χ0n) is 16.0. The Morgan fingerprint density at radius 2 is 1.79 bits per heavy atom. The Kier molecular flexibility index (Phi) is 4.57. The predicted octanol–water partition coefficient (Wildman–Crippen LogP) is 3.63. The summed E-state index contributed by atoms with van der Waals surface area (Å²) in [5, 5.41) is 12.9. The van der Waals surface area contributed by atoms with Gasteiger partial charge in [0, 0.05) is 24.8 Å². The molecule has 2 N–H and O–H groups in total. The van der Waals surface area contributed by atoms with Crippen LogP contribution in [0.1, 0.15) is 36.4 Å². The summed E-state index contributed by atoms with van der Waals surface area (Å²) in [6, 6.07) is 19.0. The highest BCUT2D eigenvalue weighted by molar-refractivity contribution is 5.87. The van der Waals surface area contributed by atoms with E-state index in [1.165, 1.54) is 22.3 Å². The SMILES string of the molecule is Oc1ccc2ccccc2c1C[NH+]1CCC[C@H]1c1ccc2c(c1)OCCCO2. The molecule has 4 heteroatoms. The van der Waals surface area contributed by atoms with Gasteiger partial charge in [-0.3, -0.25) is 0 Å². The third-order valence-corrected chi connectivity index (χ3v) is 6.08. The maximum Gasteiger partial charge on any atom is 0.161 e. The van der Waals surface area contributed by atoms with Gasteiger partial charge in [0.2, 0.25) is 0 Å². The van der Waals surface area contributed by atoms with Crippen LogP contribution in [0, 0.1) is 0 Å². The Labute approximate surface area is 165 Å². The Morgan fingerprint density at radius 3 is 2.71 bits per heavy atom. The number of quaternary nitrogens is 1. The lowest BCUT2D eigenvalue weighted by Gasteiger charge is -2.23. The van der Waals surface area contributed by atoms with Crippen LogP contribution in [0.15, 0.2) is 54.6 Å². The molecule has 4 nitrogen and oxygen atoms in total. The molecule has 144 valence electrons. The number of fused-ring (bicyclic) bond motifs is 2. The first kappa shape index (κ1) is 17.4. The highest BCUT2D eigenvalue weighted by atomic mass is 16.5. The summed E-state index contributed by atoms with van der Waals surface area (Å²) in [6.45, 7) is 3.36. The molecule has 1 saturated heterocycles. The van der Waals surface area contributed by atoms with Crippen molar-refractivity contribution in [3.8, 4) is 17.2 Å². The van der Waals surface area contributed by atoms with E-state index in [0.29, 0.717) is 25.0 Å². The van der Waals surface area contributed by atoms with E-state index in [4.69, 9.17) is 9.47 Å². The van der Waals surface area contributed by atoms with Crippen LogP contribution in [0.2, 0.25) is 0 Å². The van der Waals surface area contributed by atoms with E-state index in [1.54, 1.807) is 0 Å². The van der Waals surface area contributed by atoms with Crippen LogP contribution in [0.4, 0.5) is 0 Å². The van der Waals surface area contributed by atoms with Crippen LogP contribution in [-0.4, -0.2) is 24.9 Å². The summed E-state index contributed by atoms with van der Waals surface area (Å²) in [6.07, 6.45) is 3.27. The van der Waals surface area contributed by atoms with Crippen molar-refractivity contribution in [2.75, 3.05) is 19.8 Å². The van der Waals surface area contributed by atoms with Crippen LogP contribution in [0.5, 0.6) is 17.2 Å². The van der Waals surface area contributed by atoms with Crippen molar-refractivity contribution in [1.29, 1.82) is 0 Å². The van der Waals surface area contributed by atoms with Crippen molar-refractivity contribution < 1.29 is 19.5 Å². The number of phenolic OH excluding ortho intramolecular Hbond substituents is 1. The number of benzene rings is 3. The molecule has 0 aliphatic carbocycles. The van der Waals surface area contributed by atoms with Gasteiger partial charge in [-0.15, -0.1) is 0 Å². The number of hydrogen-bond donors (Lipinski definition) is 2. The van der Waals surface area contributed by atoms with E-state index >= 15 is 0 Å². The van der Waals surface area contributed by atoms with Gasteiger partial charge in [-0.2, -0.15) is 0 Å². The number of aromatic hydroxyl groups is 1. The summed E-state index contributed by atoms with van der Waals surface area (Å²) in [5.41, 5.74) is 2.35. The summed E-state index contributed by atoms with van der Waals surface area (Å²) in [7, 11) is 0. The van der Waals surface area contributed by atoms with Crippen LogP contribution >= 0.6 is 0 Å². The fourth-order valence-electron chi connectivity index (χ4n) is 4.66. The van der Waals surface area contributed by atoms with Crippen LogP contribution in [0.25, 0.3) is 10.8 Å². The average Bonchev–Trinajstić information content (AvgIpc) is 3.06. The van der Waals surface area contributed by atoms with E-state index < -0.39 is 0 Å². The van der Waals surface area contributed by atoms with Crippen molar-refractivity contribution in [3.05, 3.63) is 65.7 Å². The molecule has 1 unspecified atom stereocenters. The Morgan fingerprint density at radius 1 is 0.929 bits per heavy atom. The summed E-state index contributed by atoms with van der Waals surface area (Å²) in [4.78, 5) is 1.50. The molecule has 0 bridgehead atoms. The molecule has 0 saturated carbocycles. The molecule has 2 heterocycles. The van der Waals surface area contributed by atoms with Gasteiger partial charge in [0.05, 0.1) is 25.3 Å². The molecule has 0 aromatic heterocycles. The van der Waals surface area contributed by atoms with Crippen LogP contribution in [-0.2, 0) is 6.54 Å². The van der Waals surface area contributed by atoms with Gasteiger partial charge < -0.3 is 19.5 Å². The first-order valence-corrected chi connectivity index (χ1v) is 10.2. The van der Waals surface area contributed by atoms with Crippen molar-refractivity contribution >= 4 is 10.8 Å². The Bertz CT molecular complexity index is 1000. The van der Waals surface area contributed by atoms with Gasteiger partial charge in [-0.1, -0.05) is 30.3 Å². The van der Waals surface area contributed by atoms with Crippen LogP contribution < -0.4 is 14.4 Å². The van der Waals surface area contributed by atoms with Crippen LogP contribution in [0.3, 0.4) is 0 Å². The normalized spacial score (nSPS) is 21.6. The fourth-order valence-corrected chi connectivity index (χ4v) is 4.66.